The highest BCUT2D eigenvalue weighted by atomic mass is 79.9. The van der Waals surface area contributed by atoms with Gasteiger partial charge in [0.05, 0.1) is 17.4 Å². The van der Waals surface area contributed by atoms with Crippen LogP contribution in [0.3, 0.4) is 0 Å². The summed E-state index contributed by atoms with van der Waals surface area (Å²) in [5.41, 5.74) is 6.87. The molecule has 0 atom stereocenters. The smallest absolute Gasteiger partial charge is 0.405 e. The average molecular weight is 378 g/mol. The van der Waals surface area contributed by atoms with Crippen LogP contribution in [0.2, 0.25) is 0 Å². The minimum atomic E-state index is -0.742. The molecule has 1 fully saturated rings. The number of halogens is 1. The number of hydrogen-bond acceptors (Lipinski definition) is 5. The first kappa shape index (κ1) is 15.6. The van der Waals surface area contributed by atoms with Gasteiger partial charge in [-0.3, -0.25) is 0 Å². The van der Waals surface area contributed by atoms with Gasteiger partial charge in [0, 0.05) is 36.6 Å². The van der Waals surface area contributed by atoms with E-state index < -0.39 is 11.7 Å². The summed E-state index contributed by atoms with van der Waals surface area (Å²) in [6.45, 7) is 3.29. The Bertz CT molecular complexity index is 802. The van der Waals surface area contributed by atoms with Crippen LogP contribution in [0.1, 0.15) is 25.3 Å². The number of fused-ring (bicyclic) bond motifs is 1. The van der Waals surface area contributed by atoms with E-state index in [-0.39, 0.29) is 0 Å². The Balaban J connectivity index is 1.92. The van der Waals surface area contributed by atoms with Crippen molar-refractivity contribution in [1.29, 1.82) is 5.26 Å². The minimum absolute atomic E-state index is 0.536. The molecule has 8 heteroatoms. The highest BCUT2D eigenvalue weighted by molar-refractivity contribution is 9.10. The van der Waals surface area contributed by atoms with Crippen molar-refractivity contribution in [3.63, 3.8) is 0 Å². The van der Waals surface area contributed by atoms with Crippen LogP contribution in [-0.2, 0) is 4.74 Å². The number of carbonyl (C=O) groups excluding carboxylic acids is 1. The highest BCUT2D eigenvalue weighted by Gasteiger charge is 2.34. The zero-order chi connectivity index (χ0) is 16.6. The molecule has 0 aliphatic carbocycles. The molecule has 2 aromatic heterocycles. The molecule has 0 bridgehead atoms. The molecule has 1 aliphatic rings. The molecule has 23 heavy (non-hydrogen) atoms. The molecular weight excluding hydrogens is 362 g/mol. The molecule has 3 rings (SSSR count). The fraction of sp³-hybridized carbons (Fsp3) is 0.400. The maximum absolute atomic E-state index is 11.0. The van der Waals surface area contributed by atoms with Crippen molar-refractivity contribution in [2.75, 3.05) is 18.0 Å². The second kappa shape index (κ2) is 5.74. The molecule has 0 spiro atoms. The number of rotatable bonds is 2. The lowest BCUT2D eigenvalue weighted by atomic mass is 9.93. The van der Waals surface area contributed by atoms with Crippen molar-refractivity contribution >= 4 is 33.2 Å². The highest BCUT2D eigenvalue weighted by Crippen LogP contribution is 2.33. The summed E-state index contributed by atoms with van der Waals surface area (Å²) in [6, 6.07) is 4.16. The Kier molecular flexibility index (Phi) is 3.90. The lowest BCUT2D eigenvalue weighted by Gasteiger charge is -2.39. The Morgan fingerprint density at radius 3 is 2.83 bits per heavy atom. The topological polar surface area (TPSA) is 96.7 Å². The fourth-order valence-corrected chi connectivity index (χ4v) is 3.37. The maximum atomic E-state index is 11.0. The van der Waals surface area contributed by atoms with Gasteiger partial charge in [-0.2, -0.15) is 10.4 Å². The summed E-state index contributed by atoms with van der Waals surface area (Å²) >= 11 is 3.48. The van der Waals surface area contributed by atoms with Crippen LogP contribution in [-0.4, -0.2) is 34.4 Å². The van der Waals surface area contributed by atoms with Crippen molar-refractivity contribution in [3.05, 3.63) is 28.5 Å². The summed E-state index contributed by atoms with van der Waals surface area (Å²) in [7, 11) is 0. The second-order valence-electron chi connectivity index (χ2n) is 5.86. The van der Waals surface area contributed by atoms with Crippen LogP contribution < -0.4 is 10.6 Å². The van der Waals surface area contributed by atoms with E-state index in [1.165, 1.54) is 0 Å². The van der Waals surface area contributed by atoms with E-state index in [1.54, 1.807) is 10.7 Å². The number of nitriles is 1. The van der Waals surface area contributed by atoms with E-state index in [9.17, 15) is 10.1 Å². The molecule has 2 aromatic rings. The molecule has 0 unspecified atom stereocenters. The molecule has 0 aromatic carbocycles. The molecule has 120 valence electrons. The van der Waals surface area contributed by atoms with Crippen molar-refractivity contribution in [2.24, 2.45) is 5.73 Å². The Labute approximate surface area is 141 Å². The van der Waals surface area contributed by atoms with Gasteiger partial charge in [-0.15, -0.1) is 0 Å². The summed E-state index contributed by atoms with van der Waals surface area (Å²) in [6.07, 6.45) is 3.99. The van der Waals surface area contributed by atoms with Gasteiger partial charge in [0.1, 0.15) is 17.2 Å². The molecule has 1 amide bonds. The van der Waals surface area contributed by atoms with E-state index in [0.29, 0.717) is 31.5 Å². The van der Waals surface area contributed by atoms with E-state index in [0.717, 1.165) is 15.7 Å². The molecule has 0 radical (unpaired) electrons. The number of primary amides is 1. The first-order valence-corrected chi connectivity index (χ1v) is 8.01. The van der Waals surface area contributed by atoms with Gasteiger partial charge in [-0.25, -0.2) is 9.31 Å². The molecule has 0 saturated carbocycles. The number of nitrogens with two attached hydrogens (primary N) is 1. The molecule has 1 saturated heterocycles. The summed E-state index contributed by atoms with van der Waals surface area (Å²) in [5.74, 6) is 0. The summed E-state index contributed by atoms with van der Waals surface area (Å²) < 4.78 is 7.82. The van der Waals surface area contributed by atoms with Crippen LogP contribution in [0.15, 0.2) is 22.9 Å². The minimum Gasteiger partial charge on any atom is -0.443 e. The monoisotopic (exact) mass is 377 g/mol. The van der Waals surface area contributed by atoms with Gasteiger partial charge in [0.2, 0.25) is 0 Å². The number of piperidine rings is 1. The van der Waals surface area contributed by atoms with Crippen LogP contribution in [0.4, 0.5) is 10.5 Å². The Hall–Kier alpha value is -2.27. The van der Waals surface area contributed by atoms with Crippen LogP contribution in [0, 0.1) is 11.3 Å². The molecule has 2 N–H and O–H groups in total. The van der Waals surface area contributed by atoms with Gasteiger partial charge in [0.15, 0.2) is 0 Å². The first-order valence-electron chi connectivity index (χ1n) is 7.22. The third kappa shape index (κ3) is 2.97. The standard InChI is InChI=1S/C15H16BrN5O2/c1-15(23-14(18)22)2-4-20(5-3-15)12-6-11(16)9-21-13(12)10(7-17)8-19-21/h6,8-9H,2-5H2,1H3,(H2,18,22). The average Bonchev–Trinajstić information content (AvgIpc) is 2.89. The van der Waals surface area contributed by atoms with Gasteiger partial charge < -0.3 is 15.4 Å². The number of ether oxygens (including phenoxy) is 1. The van der Waals surface area contributed by atoms with Gasteiger partial charge >= 0.3 is 6.09 Å². The normalized spacial score (nSPS) is 17.0. The lowest BCUT2D eigenvalue weighted by Crippen LogP contribution is -2.46. The van der Waals surface area contributed by atoms with Crippen LogP contribution >= 0.6 is 15.9 Å². The zero-order valence-corrected chi connectivity index (χ0v) is 14.2. The van der Waals surface area contributed by atoms with Crippen LogP contribution in [0.25, 0.3) is 5.52 Å². The lowest BCUT2D eigenvalue weighted by molar-refractivity contribution is 0.0127. The van der Waals surface area contributed by atoms with Crippen molar-refractivity contribution in [1.82, 2.24) is 9.61 Å². The number of carbonyl (C=O) groups is 1. The van der Waals surface area contributed by atoms with Crippen molar-refractivity contribution in [3.8, 4) is 6.07 Å². The fourth-order valence-electron chi connectivity index (χ4n) is 2.96. The molecular formula is C15H16BrN5O2. The van der Waals surface area contributed by atoms with Crippen molar-refractivity contribution in [2.45, 2.75) is 25.4 Å². The molecule has 7 nitrogen and oxygen atoms in total. The third-order valence-electron chi connectivity index (χ3n) is 4.19. The van der Waals surface area contributed by atoms with Gasteiger partial charge in [-0.05, 0) is 28.9 Å². The number of anilines is 1. The second-order valence-corrected chi connectivity index (χ2v) is 6.78. The predicted molar refractivity (Wildman–Crippen MR) is 88.1 cm³/mol. The Morgan fingerprint density at radius 2 is 2.22 bits per heavy atom. The van der Waals surface area contributed by atoms with Gasteiger partial charge in [0.25, 0.3) is 0 Å². The Morgan fingerprint density at radius 1 is 1.52 bits per heavy atom. The summed E-state index contributed by atoms with van der Waals surface area (Å²) in [5, 5.41) is 13.5. The van der Waals surface area contributed by atoms with E-state index in [4.69, 9.17) is 10.5 Å². The number of amides is 1. The number of pyridine rings is 1. The summed E-state index contributed by atoms with van der Waals surface area (Å²) in [4.78, 5) is 13.2. The van der Waals surface area contributed by atoms with E-state index >= 15 is 0 Å². The SMILES string of the molecule is CC1(OC(N)=O)CCN(c2cc(Br)cn3ncc(C#N)c23)CC1. The van der Waals surface area contributed by atoms with E-state index in [1.807, 2.05) is 19.2 Å². The van der Waals surface area contributed by atoms with E-state index in [2.05, 4.69) is 32.0 Å². The largest absolute Gasteiger partial charge is 0.443 e. The number of hydrogen-bond donors (Lipinski definition) is 1. The quantitative estimate of drug-likeness (QED) is 0.866. The first-order chi connectivity index (χ1) is 10.9. The zero-order valence-electron chi connectivity index (χ0n) is 12.6. The van der Waals surface area contributed by atoms with Crippen molar-refractivity contribution < 1.29 is 9.53 Å². The predicted octanol–water partition coefficient (Wildman–Crippen LogP) is 2.42. The molecule has 1 aliphatic heterocycles. The number of aromatic nitrogens is 2. The maximum Gasteiger partial charge on any atom is 0.405 e. The number of nitrogens with zero attached hydrogens (tertiary/aromatic N) is 4. The van der Waals surface area contributed by atoms with Crippen LogP contribution in [0.5, 0.6) is 0 Å². The van der Waals surface area contributed by atoms with Gasteiger partial charge in [-0.1, -0.05) is 0 Å². The third-order valence-corrected chi connectivity index (χ3v) is 4.62. The molecule has 3 heterocycles.